The average Bonchev–Trinajstić information content (AvgIpc) is 2.56. The van der Waals surface area contributed by atoms with E-state index in [1.165, 1.54) is 4.31 Å². The zero-order valence-electron chi connectivity index (χ0n) is 14.8. The van der Waals surface area contributed by atoms with E-state index in [2.05, 4.69) is 9.88 Å². The highest BCUT2D eigenvalue weighted by Gasteiger charge is 2.55. The molecule has 1 spiro atoms. The summed E-state index contributed by atoms with van der Waals surface area (Å²) in [4.78, 5) is 5.43. The predicted molar refractivity (Wildman–Crippen MR) is 90.4 cm³/mol. The molecule has 0 amide bonds. The molecule has 6 nitrogen and oxygen atoms in total. The maximum atomic E-state index is 12.6. The smallest absolute Gasteiger partial charge is 0.381 e. The first-order chi connectivity index (χ1) is 12.7. The largest absolute Gasteiger partial charge is 0.433 e. The first-order valence-corrected chi connectivity index (χ1v) is 10.5. The van der Waals surface area contributed by atoms with E-state index in [4.69, 9.17) is 4.74 Å². The molecular weight excluding hydrogens is 383 g/mol. The third kappa shape index (κ3) is 3.72. The van der Waals surface area contributed by atoms with Crippen molar-refractivity contribution in [3.05, 3.63) is 24.0 Å². The number of rotatable bonds is 4. The van der Waals surface area contributed by atoms with E-state index in [1.807, 2.05) is 0 Å². The molecule has 4 rings (SSSR count). The number of alkyl halides is 3. The molecule has 3 aliphatic heterocycles. The molecular formula is C17H22F3N3O3S. The number of likely N-dealkylation sites (tertiary alicyclic amines) is 1. The van der Waals surface area contributed by atoms with Gasteiger partial charge in [0.2, 0.25) is 10.0 Å². The van der Waals surface area contributed by atoms with Gasteiger partial charge in [-0.05, 0) is 30.9 Å². The second kappa shape index (κ2) is 6.68. The van der Waals surface area contributed by atoms with Crippen LogP contribution in [-0.2, 0) is 20.9 Å². The van der Waals surface area contributed by atoms with Crippen LogP contribution in [0.4, 0.5) is 13.2 Å². The van der Waals surface area contributed by atoms with Gasteiger partial charge in [0, 0.05) is 57.5 Å². The Kier molecular flexibility index (Phi) is 4.73. The van der Waals surface area contributed by atoms with E-state index < -0.39 is 21.9 Å². The SMILES string of the molecule is O=S(=O)(c1ccc(C(F)(F)F)nc1)N1CC2(CN(CC3CCOCC3)C2)C1. The van der Waals surface area contributed by atoms with Gasteiger partial charge in [-0.1, -0.05) is 0 Å². The molecule has 0 N–H and O–H groups in total. The Balaban J connectivity index is 1.31. The summed E-state index contributed by atoms with van der Waals surface area (Å²) in [5.74, 6) is 0.647. The topological polar surface area (TPSA) is 62.7 Å². The molecule has 0 radical (unpaired) electrons. The van der Waals surface area contributed by atoms with E-state index in [-0.39, 0.29) is 10.3 Å². The summed E-state index contributed by atoms with van der Waals surface area (Å²) in [7, 11) is -3.79. The van der Waals surface area contributed by atoms with Crippen LogP contribution in [0.3, 0.4) is 0 Å². The number of halogens is 3. The Morgan fingerprint density at radius 2 is 1.81 bits per heavy atom. The molecule has 1 aromatic rings. The van der Waals surface area contributed by atoms with Crippen LogP contribution in [0.5, 0.6) is 0 Å². The van der Waals surface area contributed by atoms with Gasteiger partial charge < -0.3 is 9.64 Å². The molecule has 3 aliphatic rings. The van der Waals surface area contributed by atoms with Crippen molar-refractivity contribution in [2.45, 2.75) is 23.9 Å². The number of nitrogens with zero attached hydrogens (tertiary/aromatic N) is 3. The minimum atomic E-state index is -4.58. The van der Waals surface area contributed by atoms with Gasteiger partial charge in [-0.25, -0.2) is 8.42 Å². The Labute approximate surface area is 156 Å². The molecule has 3 saturated heterocycles. The predicted octanol–water partition coefficient (Wildman–Crippen LogP) is 1.83. The molecule has 3 fully saturated rings. The van der Waals surface area contributed by atoms with E-state index >= 15 is 0 Å². The molecule has 0 aliphatic carbocycles. The van der Waals surface area contributed by atoms with Crippen LogP contribution in [-0.4, -0.2) is 68.5 Å². The normalized spacial score (nSPS) is 24.6. The molecule has 1 aromatic heterocycles. The zero-order chi connectivity index (χ0) is 19.3. The van der Waals surface area contributed by atoms with Gasteiger partial charge in [-0.3, -0.25) is 4.98 Å². The maximum Gasteiger partial charge on any atom is 0.433 e. The molecule has 0 aromatic carbocycles. The van der Waals surface area contributed by atoms with Crippen molar-refractivity contribution in [1.29, 1.82) is 0 Å². The molecule has 0 atom stereocenters. The van der Waals surface area contributed by atoms with Gasteiger partial charge in [0.1, 0.15) is 10.6 Å². The standard InChI is InChI=1S/C17H22F3N3O3S/c18-17(19,20)15-2-1-14(7-21-15)27(24,25)23-11-16(12-23)9-22(10-16)8-13-3-5-26-6-4-13/h1-2,7,13H,3-6,8-12H2. The molecule has 27 heavy (non-hydrogen) atoms. The summed E-state index contributed by atoms with van der Waals surface area (Å²) in [5, 5.41) is 0. The molecule has 0 unspecified atom stereocenters. The number of hydrogen-bond acceptors (Lipinski definition) is 5. The van der Waals surface area contributed by atoms with Crippen molar-refractivity contribution in [3.8, 4) is 0 Å². The zero-order valence-corrected chi connectivity index (χ0v) is 15.6. The van der Waals surface area contributed by atoms with Crippen molar-refractivity contribution in [3.63, 3.8) is 0 Å². The number of hydrogen-bond donors (Lipinski definition) is 0. The van der Waals surface area contributed by atoms with Gasteiger partial charge in [0.15, 0.2) is 0 Å². The Hall–Kier alpha value is -1.23. The summed E-state index contributed by atoms with van der Waals surface area (Å²) < 4.78 is 69.6. The quantitative estimate of drug-likeness (QED) is 0.765. The molecule has 4 heterocycles. The minimum absolute atomic E-state index is 0.00241. The first-order valence-electron chi connectivity index (χ1n) is 9.02. The number of sulfonamides is 1. The molecule has 0 bridgehead atoms. The highest BCUT2D eigenvalue weighted by atomic mass is 32.2. The van der Waals surface area contributed by atoms with E-state index in [1.54, 1.807) is 0 Å². The van der Waals surface area contributed by atoms with E-state index in [0.717, 1.165) is 58.0 Å². The fourth-order valence-corrected chi connectivity index (χ4v) is 5.86. The third-order valence-electron chi connectivity index (χ3n) is 5.66. The summed E-state index contributed by atoms with van der Waals surface area (Å²) in [5.41, 5.74) is -1.10. The monoisotopic (exact) mass is 405 g/mol. The van der Waals surface area contributed by atoms with Crippen molar-refractivity contribution >= 4 is 10.0 Å². The van der Waals surface area contributed by atoms with Crippen molar-refractivity contribution in [1.82, 2.24) is 14.2 Å². The third-order valence-corrected chi connectivity index (χ3v) is 7.44. The van der Waals surface area contributed by atoms with Gasteiger partial charge >= 0.3 is 6.18 Å². The number of ether oxygens (including phenoxy) is 1. The second-order valence-electron chi connectivity index (χ2n) is 7.88. The summed E-state index contributed by atoms with van der Waals surface area (Å²) in [6.07, 6.45) is -1.64. The Bertz CT molecular complexity index is 778. The van der Waals surface area contributed by atoms with Gasteiger partial charge in [-0.2, -0.15) is 17.5 Å². The Morgan fingerprint density at radius 3 is 2.37 bits per heavy atom. The van der Waals surface area contributed by atoms with Crippen LogP contribution >= 0.6 is 0 Å². The van der Waals surface area contributed by atoms with Crippen molar-refractivity contribution in [2.75, 3.05) is 45.9 Å². The lowest BCUT2D eigenvalue weighted by atomic mass is 9.74. The minimum Gasteiger partial charge on any atom is -0.381 e. The average molecular weight is 405 g/mol. The van der Waals surface area contributed by atoms with Crippen LogP contribution in [0.1, 0.15) is 18.5 Å². The summed E-state index contributed by atoms with van der Waals surface area (Å²) in [6.45, 7) is 5.25. The van der Waals surface area contributed by atoms with Crippen molar-refractivity contribution < 1.29 is 26.3 Å². The number of pyridine rings is 1. The molecule has 0 saturated carbocycles. The molecule has 10 heteroatoms. The maximum absolute atomic E-state index is 12.6. The lowest BCUT2D eigenvalue weighted by molar-refractivity contribution is -0.141. The summed E-state index contributed by atoms with van der Waals surface area (Å²) in [6, 6.07) is 1.69. The van der Waals surface area contributed by atoms with Gasteiger partial charge in [0.25, 0.3) is 0 Å². The first kappa shape index (κ1) is 19.1. The highest BCUT2D eigenvalue weighted by molar-refractivity contribution is 7.89. The molecule has 150 valence electrons. The van der Waals surface area contributed by atoms with Crippen molar-refractivity contribution in [2.24, 2.45) is 11.3 Å². The lowest BCUT2D eigenvalue weighted by Crippen LogP contribution is -2.73. The number of aromatic nitrogens is 1. The lowest BCUT2D eigenvalue weighted by Gasteiger charge is -2.60. The highest BCUT2D eigenvalue weighted by Crippen LogP contribution is 2.42. The van der Waals surface area contributed by atoms with Crippen LogP contribution in [0.15, 0.2) is 23.2 Å². The van der Waals surface area contributed by atoms with Gasteiger partial charge in [-0.15, -0.1) is 0 Å². The fourth-order valence-electron chi connectivity index (χ4n) is 4.25. The van der Waals surface area contributed by atoms with E-state index in [9.17, 15) is 21.6 Å². The van der Waals surface area contributed by atoms with Crippen LogP contribution in [0.2, 0.25) is 0 Å². The van der Waals surface area contributed by atoms with Gasteiger partial charge in [0.05, 0.1) is 0 Å². The van der Waals surface area contributed by atoms with E-state index in [0.29, 0.717) is 25.1 Å². The van der Waals surface area contributed by atoms with Crippen LogP contribution < -0.4 is 0 Å². The fraction of sp³-hybridized carbons (Fsp3) is 0.706. The van der Waals surface area contributed by atoms with Crippen LogP contribution in [0.25, 0.3) is 0 Å². The van der Waals surface area contributed by atoms with Crippen LogP contribution in [0, 0.1) is 11.3 Å². The Morgan fingerprint density at radius 1 is 1.15 bits per heavy atom. The second-order valence-corrected chi connectivity index (χ2v) is 9.81. The summed E-state index contributed by atoms with van der Waals surface area (Å²) >= 11 is 0.